The van der Waals surface area contributed by atoms with Crippen molar-refractivity contribution in [3.63, 3.8) is 0 Å². The summed E-state index contributed by atoms with van der Waals surface area (Å²) in [6.07, 6.45) is 4.68. The summed E-state index contributed by atoms with van der Waals surface area (Å²) in [6.45, 7) is 0.265. The van der Waals surface area contributed by atoms with Crippen molar-refractivity contribution in [2.45, 2.75) is 18.9 Å². The van der Waals surface area contributed by atoms with E-state index < -0.39 is 17.9 Å². The first-order chi connectivity index (χ1) is 13.5. The van der Waals surface area contributed by atoms with E-state index in [1.807, 2.05) is 0 Å². The predicted molar refractivity (Wildman–Crippen MR) is 97.8 cm³/mol. The zero-order valence-electron chi connectivity index (χ0n) is 15.3. The molecule has 3 amide bonds. The van der Waals surface area contributed by atoms with Crippen molar-refractivity contribution in [3.05, 3.63) is 30.2 Å². The van der Waals surface area contributed by atoms with Crippen LogP contribution in [0, 0.1) is 5.92 Å². The van der Waals surface area contributed by atoms with Gasteiger partial charge in [0.2, 0.25) is 11.8 Å². The van der Waals surface area contributed by atoms with E-state index in [1.54, 1.807) is 22.7 Å². The number of carbonyl (C=O) groups is 4. The first-order valence-electron chi connectivity index (χ1n) is 8.83. The highest BCUT2D eigenvalue weighted by Gasteiger charge is 2.27. The third-order valence-corrected chi connectivity index (χ3v) is 4.51. The van der Waals surface area contributed by atoms with E-state index in [-0.39, 0.29) is 30.5 Å². The minimum atomic E-state index is -0.777. The number of nitrogens with one attached hydrogen (secondary N) is 3. The summed E-state index contributed by atoms with van der Waals surface area (Å²) in [6, 6.07) is 2.65. The molecular weight excluding hydrogens is 366 g/mol. The normalized spacial score (nSPS) is 17.0. The van der Waals surface area contributed by atoms with Gasteiger partial charge >= 0.3 is 0 Å². The van der Waals surface area contributed by atoms with E-state index in [1.165, 1.54) is 13.3 Å². The largest absolute Gasteiger partial charge is 0.495 e. The molecule has 2 atom stereocenters. The van der Waals surface area contributed by atoms with Crippen LogP contribution >= 0.6 is 0 Å². The van der Waals surface area contributed by atoms with Gasteiger partial charge in [0.05, 0.1) is 25.9 Å². The molecule has 2 aromatic rings. The third kappa shape index (κ3) is 4.45. The summed E-state index contributed by atoms with van der Waals surface area (Å²) in [7, 11) is 1.54. The Hall–Kier alpha value is -3.43. The van der Waals surface area contributed by atoms with Crippen molar-refractivity contribution >= 4 is 29.7 Å². The second-order valence-corrected chi connectivity index (χ2v) is 6.47. The minimum Gasteiger partial charge on any atom is -0.495 e. The maximum atomic E-state index is 12.2. The van der Waals surface area contributed by atoms with Crippen LogP contribution < -0.4 is 20.7 Å². The van der Waals surface area contributed by atoms with E-state index in [9.17, 15) is 19.2 Å². The lowest BCUT2D eigenvalue weighted by atomic mass is 9.99. The molecule has 0 saturated carbocycles. The fourth-order valence-electron chi connectivity index (χ4n) is 3.04. The van der Waals surface area contributed by atoms with Gasteiger partial charge in [-0.1, -0.05) is 0 Å². The average Bonchev–Trinajstić information content (AvgIpc) is 3.30. The van der Waals surface area contributed by atoms with E-state index in [0.29, 0.717) is 30.6 Å². The van der Waals surface area contributed by atoms with Crippen molar-refractivity contribution in [2.75, 3.05) is 20.2 Å². The number of imidazole rings is 1. The molecule has 1 fully saturated rings. The third-order valence-electron chi connectivity index (χ3n) is 4.51. The monoisotopic (exact) mass is 387 g/mol. The first-order valence-corrected chi connectivity index (χ1v) is 8.83. The number of amides is 3. The van der Waals surface area contributed by atoms with Crippen LogP contribution in [-0.2, 0) is 14.4 Å². The molecule has 3 heterocycles. The zero-order valence-corrected chi connectivity index (χ0v) is 15.3. The number of methoxy groups -OCH3 is 1. The molecule has 0 spiro atoms. The molecule has 0 radical (unpaired) electrons. The molecule has 10 heteroatoms. The number of fused-ring (bicyclic) bond motifs is 1. The smallest absolute Gasteiger partial charge is 0.271 e. The van der Waals surface area contributed by atoms with Gasteiger partial charge < -0.3 is 29.9 Å². The fraction of sp³-hybridized carbons (Fsp3) is 0.389. The summed E-state index contributed by atoms with van der Waals surface area (Å²) in [5.41, 5.74) is 0.710. The topological polar surface area (TPSA) is 131 Å². The molecule has 3 rings (SSSR count). The van der Waals surface area contributed by atoms with Gasteiger partial charge in [0.25, 0.3) is 5.91 Å². The van der Waals surface area contributed by atoms with Gasteiger partial charge in [-0.2, -0.15) is 0 Å². The van der Waals surface area contributed by atoms with Gasteiger partial charge in [0.1, 0.15) is 23.4 Å². The van der Waals surface area contributed by atoms with Gasteiger partial charge in [0, 0.05) is 18.7 Å². The lowest BCUT2D eigenvalue weighted by molar-refractivity contribution is -0.125. The number of pyridine rings is 1. The molecule has 0 bridgehead atoms. The number of hydrogen-bond donors (Lipinski definition) is 3. The highest BCUT2D eigenvalue weighted by Crippen LogP contribution is 2.15. The van der Waals surface area contributed by atoms with Crippen molar-refractivity contribution in [1.82, 2.24) is 25.3 Å². The molecule has 148 valence electrons. The first kappa shape index (κ1) is 19.3. The highest BCUT2D eigenvalue weighted by molar-refractivity contribution is 5.95. The van der Waals surface area contributed by atoms with Gasteiger partial charge in [-0.25, -0.2) is 4.98 Å². The summed E-state index contributed by atoms with van der Waals surface area (Å²) in [5, 5.41) is 7.67. The van der Waals surface area contributed by atoms with Crippen LogP contribution in [-0.4, -0.2) is 59.6 Å². The second kappa shape index (κ2) is 8.51. The van der Waals surface area contributed by atoms with Crippen LogP contribution in [0.25, 0.3) is 5.65 Å². The number of aromatic nitrogens is 2. The highest BCUT2D eigenvalue weighted by atomic mass is 16.5. The van der Waals surface area contributed by atoms with Gasteiger partial charge in [0.15, 0.2) is 0 Å². The Labute approximate surface area is 160 Å². The van der Waals surface area contributed by atoms with Crippen molar-refractivity contribution < 1.29 is 23.9 Å². The Morgan fingerprint density at radius 1 is 1.43 bits per heavy atom. The number of hydrogen-bond acceptors (Lipinski definition) is 6. The summed E-state index contributed by atoms with van der Waals surface area (Å²) < 4.78 is 6.76. The maximum Gasteiger partial charge on any atom is 0.271 e. The van der Waals surface area contributed by atoms with Crippen LogP contribution in [0.4, 0.5) is 0 Å². The standard InChI is InChI=1S/C18H21N5O5/c1-28-13-2-3-15-22-14(9-23(15)8-13)18(27)20-7-16(25)21-12(10-24)6-11-4-5-19-17(11)26/h2-3,8-12H,4-7H2,1H3,(H,19,26)(H,20,27)(H,21,25). The summed E-state index contributed by atoms with van der Waals surface area (Å²) in [5.74, 6) is -0.824. The van der Waals surface area contributed by atoms with Crippen molar-refractivity contribution in [3.8, 4) is 5.75 Å². The lowest BCUT2D eigenvalue weighted by Gasteiger charge is -2.15. The summed E-state index contributed by atoms with van der Waals surface area (Å²) >= 11 is 0. The SMILES string of the molecule is COc1ccc2nc(C(=O)NCC(=O)NC(C=O)CC3CCNC3=O)cn2c1. The number of carbonyl (C=O) groups excluding carboxylic acids is 4. The Morgan fingerprint density at radius 2 is 2.25 bits per heavy atom. The fourth-order valence-corrected chi connectivity index (χ4v) is 3.04. The van der Waals surface area contributed by atoms with Crippen LogP contribution in [0.15, 0.2) is 24.5 Å². The minimum absolute atomic E-state index is 0.113. The number of aldehydes is 1. The Kier molecular flexibility index (Phi) is 5.87. The number of nitrogens with zero attached hydrogens (tertiary/aromatic N) is 2. The molecule has 28 heavy (non-hydrogen) atoms. The summed E-state index contributed by atoms with van der Waals surface area (Å²) in [4.78, 5) is 51.2. The van der Waals surface area contributed by atoms with Gasteiger partial charge in [-0.15, -0.1) is 0 Å². The molecule has 10 nitrogen and oxygen atoms in total. The second-order valence-electron chi connectivity index (χ2n) is 6.47. The van der Waals surface area contributed by atoms with Crippen LogP contribution in [0.5, 0.6) is 5.75 Å². The predicted octanol–water partition coefficient (Wildman–Crippen LogP) is -0.717. The molecule has 1 saturated heterocycles. The van der Waals surface area contributed by atoms with E-state index in [2.05, 4.69) is 20.9 Å². The maximum absolute atomic E-state index is 12.2. The van der Waals surface area contributed by atoms with E-state index in [4.69, 9.17) is 4.74 Å². The van der Waals surface area contributed by atoms with E-state index >= 15 is 0 Å². The quantitative estimate of drug-likeness (QED) is 0.513. The van der Waals surface area contributed by atoms with Crippen molar-refractivity contribution in [2.24, 2.45) is 5.92 Å². The van der Waals surface area contributed by atoms with Gasteiger partial charge in [-0.3, -0.25) is 14.4 Å². The van der Waals surface area contributed by atoms with Crippen molar-refractivity contribution in [1.29, 1.82) is 0 Å². The van der Waals surface area contributed by atoms with Crippen LogP contribution in [0.2, 0.25) is 0 Å². The Morgan fingerprint density at radius 3 is 2.93 bits per heavy atom. The van der Waals surface area contributed by atoms with E-state index in [0.717, 1.165) is 0 Å². The average molecular weight is 387 g/mol. The lowest BCUT2D eigenvalue weighted by Crippen LogP contribution is -2.44. The molecule has 2 unspecified atom stereocenters. The molecule has 1 aliphatic rings. The Balaban J connectivity index is 1.52. The molecule has 1 aliphatic heterocycles. The number of ether oxygens (including phenoxy) is 1. The zero-order chi connectivity index (χ0) is 20.1. The van der Waals surface area contributed by atoms with Crippen LogP contribution in [0.3, 0.4) is 0 Å². The van der Waals surface area contributed by atoms with Crippen LogP contribution in [0.1, 0.15) is 23.3 Å². The molecule has 3 N–H and O–H groups in total. The molecule has 0 aliphatic carbocycles. The molecular formula is C18H21N5O5. The molecule has 0 aromatic carbocycles. The Bertz CT molecular complexity index is 909. The van der Waals surface area contributed by atoms with Gasteiger partial charge in [-0.05, 0) is 25.0 Å². The molecule has 2 aromatic heterocycles. The number of rotatable bonds is 8.